The molecule has 0 aromatic carbocycles. The van der Waals surface area contributed by atoms with E-state index in [1.54, 1.807) is 20.8 Å². The van der Waals surface area contributed by atoms with Crippen molar-refractivity contribution in [2.24, 2.45) is 0 Å². The van der Waals surface area contributed by atoms with Crippen molar-refractivity contribution in [3.8, 4) is 0 Å². The predicted octanol–water partition coefficient (Wildman–Crippen LogP) is 4.78. The molecule has 158 valence electrons. The molecule has 0 bridgehead atoms. The van der Waals surface area contributed by atoms with Crippen LogP contribution in [0, 0.1) is 0 Å². The maximum Gasteiger partial charge on any atom is 0.408 e. The summed E-state index contributed by atoms with van der Waals surface area (Å²) in [5.74, 6) is -0.397. The molecule has 1 atom stereocenters. The number of hydrogen-bond acceptors (Lipinski definition) is 5. The molecule has 0 radical (unpaired) electrons. The molecule has 0 saturated heterocycles. The van der Waals surface area contributed by atoms with E-state index < -0.39 is 32.0 Å². The molecule has 0 aromatic rings. The van der Waals surface area contributed by atoms with Gasteiger partial charge in [-0.1, -0.05) is 20.8 Å². The molecule has 0 spiro atoms. The summed E-state index contributed by atoms with van der Waals surface area (Å²) in [6.45, 7) is 16.6. The first-order chi connectivity index (χ1) is 12.2. The third-order valence-electron chi connectivity index (χ3n) is 5.24. The van der Waals surface area contributed by atoms with Crippen LogP contribution in [0.3, 0.4) is 0 Å². The zero-order chi connectivity index (χ0) is 20.9. The molecule has 1 N–H and O–H groups in total. The van der Waals surface area contributed by atoms with Crippen molar-refractivity contribution in [2.75, 3.05) is 6.61 Å². The van der Waals surface area contributed by atoms with E-state index in [9.17, 15) is 9.59 Å². The second-order valence-electron chi connectivity index (χ2n) is 9.94. The normalized spacial score (nSPS) is 17.5. The molecule has 0 heterocycles. The van der Waals surface area contributed by atoms with Crippen LogP contribution in [0.5, 0.6) is 0 Å². The molecule has 0 aliphatic heterocycles. The van der Waals surface area contributed by atoms with E-state index in [0.29, 0.717) is 13.0 Å². The number of hydrogen-bond donors (Lipinski definition) is 1. The van der Waals surface area contributed by atoms with Crippen LogP contribution in [0.4, 0.5) is 4.79 Å². The van der Waals surface area contributed by atoms with Crippen molar-refractivity contribution < 1.29 is 23.5 Å². The van der Waals surface area contributed by atoms with Crippen molar-refractivity contribution >= 4 is 20.4 Å². The van der Waals surface area contributed by atoms with Crippen molar-refractivity contribution in [3.05, 3.63) is 0 Å². The molecule has 1 amide bonds. The van der Waals surface area contributed by atoms with E-state index in [0.717, 1.165) is 25.7 Å². The Morgan fingerprint density at radius 1 is 1.07 bits per heavy atom. The molecule has 6 nitrogen and oxygen atoms in total. The van der Waals surface area contributed by atoms with Crippen LogP contribution in [0.25, 0.3) is 0 Å². The Balaban J connectivity index is 2.68. The Morgan fingerprint density at radius 2 is 1.63 bits per heavy atom. The highest BCUT2D eigenvalue weighted by Crippen LogP contribution is 2.36. The topological polar surface area (TPSA) is 73.9 Å². The Bertz CT molecular complexity index is 501. The van der Waals surface area contributed by atoms with E-state index in [1.165, 1.54) is 0 Å². The van der Waals surface area contributed by atoms with Gasteiger partial charge in [0.15, 0.2) is 8.32 Å². The van der Waals surface area contributed by atoms with Gasteiger partial charge in [-0.2, -0.15) is 0 Å². The highest BCUT2D eigenvalue weighted by Gasteiger charge is 2.37. The SMILES string of the molecule is CC(C)(C)OC(=O)NC(CCO[Si](C)(C)C(C)(C)C)C(=O)OC1CCCC1. The third-order valence-corrected chi connectivity index (χ3v) is 9.77. The van der Waals surface area contributed by atoms with Crippen molar-refractivity contribution in [3.63, 3.8) is 0 Å². The van der Waals surface area contributed by atoms with Gasteiger partial charge in [-0.3, -0.25) is 0 Å². The maximum absolute atomic E-state index is 12.6. The highest BCUT2D eigenvalue weighted by molar-refractivity contribution is 6.74. The van der Waals surface area contributed by atoms with Gasteiger partial charge in [0, 0.05) is 13.0 Å². The van der Waals surface area contributed by atoms with Gasteiger partial charge in [0.05, 0.1) is 0 Å². The van der Waals surface area contributed by atoms with Crippen LogP contribution < -0.4 is 5.32 Å². The first-order valence-corrected chi connectivity index (χ1v) is 13.0. The first kappa shape index (κ1) is 24.0. The van der Waals surface area contributed by atoms with E-state index in [1.807, 2.05) is 0 Å². The molecule has 0 aromatic heterocycles. The average molecular weight is 402 g/mol. The second-order valence-corrected chi connectivity index (χ2v) is 14.7. The molecule has 1 rings (SSSR count). The number of esters is 1. The minimum absolute atomic E-state index is 0.0400. The van der Waals surface area contributed by atoms with E-state index in [-0.39, 0.29) is 11.1 Å². The zero-order valence-corrected chi connectivity index (χ0v) is 19.4. The monoisotopic (exact) mass is 401 g/mol. The molecule has 1 unspecified atom stereocenters. The number of ether oxygens (including phenoxy) is 2. The van der Waals surface area contributed by atoms with Crippen molar-refractivity contribution in [2.45, 2.75) is 110 Å². The summed E-state index contributed by atoms with van der Waals surface area (Å²) >= 11 is 0. The minimum Gasteiger partial charge on any atom is -0.461 e. The highest BCUT2D eigenvalue weighted by atomic mass is 28.4. The molecule has 1 aliphatic carbocycles. The quantitative estimate of drug-likeness (QED) is 0.491. The second kappa shape index (κ2) is 9.41. The lowest BCUT2D eigenvalue weighted by Crippen LogP contribution is -2.47. The fraction of sp³-hybridized carbons (Fsp3) is 0.900. The lowest BCUT2D eigenvalue weighted by Gasteiger charge is -2.36. The number of alkyl carbamates (subject to hydrolysis) is 1. The molecule has 1 aliphatic rings. The molecular weight excluding hydrogens is 362 g/mol. The van der Waals surface area contributed by atoms with Crippen LogP contribution in [0.2, 0.25) is 18.1 Å². The Labute approximate surface area is 165 Å². The molecule has 7 heteroatoms. The van der Waals surface area contributed by atoms with Crippen LogP contribution in [-0.4, -0.2) is 44.7 Å². The summed E-state index contributed by atoms with van der Waals surface area (Å²) in [7, 11) is -1.92. The number of amides is 1. The first-order valence-electron chi connectivity index (χ1n) is 10.1. The van der Waals surface area contributed by atoms with Gasteiger partial charge in [-0.25, -0.2) is 9.59 Å². The van der Waals surface area contributed by atoms with E-state index >= 15 is 0 Å². The summed E-state index contributed by atoms with van der Waals surface area (Å²) in [6.07, 6.45) is 3.67. The zero-order valence-electron chi connectivity index (χ0n) is 18.4. The van der Waals surface area contributed by atoms with Gasteiger partial charge in [0.1, 0.15) is 17.7 Å². The average Bonchev–Trinajstić information content (AvgIpc) is 2.95. The Kier molecular flexibility index (Phi) is 8.35. The van der Waals surface area contributed by atoms with Crippen molar-refractivity contribution in [1.29, 1.82) is 0 Å². The largest absolute Gasteiger partial charge is 0.461 e. The molecule has 27 heavy (non-hydrogen) atoms. The third kappa shape index (κ3) is 8.64. The van der Waals surface area contributed by atoms with Crippen LogP contribution in [0.15, 0.2) is 0 Å². The molecular formula is C20H39NO5Si. The number of nitrogens with one attached hydrogen (secondary N) is 1. The van der Waals surface area contributed by atoms with Gasteiger partial charge in [-0.05, 0) is 64.6 Å². The van der Waals surface area contributed by atoms with Crippen molar-refractivity contribution in [1.82, 2.24) is 5.32 Å². The summed E-state index contributed by atoms with van der Waals surface area (Å²) in [5.41, 5.74) is -0.623. The lowest BCUT2D eigenvalue weighted by atomic mass is 10.2. The maximum atomic E-state index is 12.6. The summed E-state index contributed by atoms with van der Waals surface area (Å²) in [5, 5.41) is 2.76. The van der Waals surface area contributed by atoms with Gasteiger partial charge in [0.25, 0.3) is 0 Å². The minimum atomic E-state index is -1.92. The molecule has 1 fully saturated rings. The number of carbonyl (C=O) groups excluding carboxylic acids is 2. The van der Waals surface area contributed by atoms with E-state index in [2.05, 4.69) is 39.2 Å². The Hall–Kier alpha value is -1.08. The van der Waals surface area contributed by atoms with Gasteiger partial charge < -0.3 is 19.2 Å². The van der Waals surface area contributed by atoms with E-state index in [4.69, 9.17) is 13.9 Å². The smallest absolute Gasteiger partial charge is 0.408 e. The Morgan fingerprint density at radius 3 is 2.11 bits per heavy atom. The van der Waals surface area contributed by atoms with Crippen LogP contribution in [0.1, 0.15) is 73.6 Å². The van der Waals surface area contributed by atoms with Gasteiger partial charge >= 0.3 is 12.1 Å². The molecule has 1 saturated carbocycles. The number of carbonyl (C=O) groups is 2. The predicted molar refractivity (Wildman–Crippen MR) is 109 cm³/mol. The van der Waals surface area contributed by atoms with Gasteiger partial charge in [-0.15, -0.1) is 0 Å². The van der Waals surface area contributed by atoms with Crippen LogP contribution >= 0.6 is 0 Å². The summed E-state index contributed by atoms with van der Waals surface area (Å²) in [4.78, 5) is 24.8. The standard InChI is InChI=1S/C20H39NO5Si/c1-19(2,3)26-18(23)21-16(17(22)25-15-11-9-10-12-15)13-14-24-27(7,8)20(4,5)6/h15-16H,9-14H2,1-8H3,(H,21,23). The summed E-state index contributed by atoms with van der Waals surface area (Å²) < 4.78 is 17.1. The van der Waals surface area contributed by atoms with Crippen LogP contribution in [-0.2, 0) is 18.7 Å². The summed E-state index contributed by atoms with van der Waals surface area (Å²) in [6, 6.07) is -0.759. The number of rotatable bonds is 7. The van der Waals surface area contributed by atoms with Gasteiger partial charge in [0.2, 0.25) is 0 Å². The fourth-order valence-corrected chi connectivity index (χ4v) is 3.66. The fourth-order valence-electron chi connectivity index (χ4n) is 2.60. The lowest BCUT2D eigenvalue weighted by molar-refractivity contribution is -0.151.